The number of halogens is 1. The van der Waals surface area contributed by atoms with Crippen molar-refractivity contribution in [3.05, 3.63) is 58.7 Å². The first-order valence-corrected chi connectivity index (χ1v) is 14.5. The maximum Gasteiger partial charge on any atom is 0.229 e. The summed E-state index contributed by atoms with van der Waals surface area (Å²) in [5, 5.41) is 14.1. The first-order chi connectivity index (χ1) is 18.8. The lowest BCUT2D eigenvalue weighted by molar-refractivity contribution is 0.415. The van der Waals surface area contributed by atoms with E-state index in [1.807, 2.05) is 12.1 Å². The highest BCUT2D eigenvalue weighted by Crippen LogP contribution is 2.41. The number of rotatable bonds is 8. The molecule has 212 valence electrons. The lowest BCUT2D eigenvalue weighted by atomic mass is 9.71. The minimum atomic E-state index is -3.55. The van der Waals surface area contributed by atoms with Gasteiger partial charge in [-0.25, -0.2) is 13.4 Å². The monoisotopic (exact) mass is 584 g/mol. The fourth-order valence-electron chi connectivity index (χ4n) is 4.53. The average molecular weight is 585 g/mol. The first kappa shape index (κ1) is 29.1. The van der Waals surface area contributed by atoms with Crippen molar-refractivity contribution in [2.75, 3.05) is 17.7 Å². The van der Waals surface area contributed by atoms with Crippen molar-refractivity contribution in [1.82, 2.24) is 9.97 Å². The van der Waals surface area contributed by atoms with Gasteiger partial charge in [0.25, 0.3) is 0 Å². The zero-order valence-electron chi connectivity index (χ0n) is 23.0. The maximum absolute atomic E-state index is 12.9. The molecule has 0 amide bonds. The first-order valence-electron chi connectivity index (χ1n) is 12.6. The Hall–Kier alpha value is -3.90. The molecule has 2 aromatic carbocycles. The number of methoxy groups -OCH3 is 1. The van der Waals surface area contributed by atoms with E-state index in [-0.39, 0.29) is 27.6 Å². The van der Waals surface area contributed by atoms with Crippen molar-refractivity contribution >= 4 is 56.3 Å². The Morgan fingerprint density at radius 3 is 2.52 bits per heavy atom. The van der Waals surface area contributed by atoms with E-state index in [0.717, 1.165) is 23.3 Å². The van der Waals surface area contributed by atoms with Gasteiger partial charge in [-0.2, -0.15) is 10.1 Å². The zero-order valence-corrected chi connectivity index (χ0v) is 24.6. The van der Waals surface area contributed by atoms with Crippen LogP contribution in [0.4, 0.5) is 23.1 Å². The summed E-state index contributed by atoms with van der Waals surface area (Å²) < 4.78 is 31.5. The minimum absolute atomic E-state index is 0.0897. The van der Waals surface area contributed by atoms with Crippen LogP contribution in [0.5, 0.6) is 5.75 Å². The Labute approximate surface area is 239 Å². The molecule has 6 N–H and O–H groups in total. The minimum Gasteiger partial charge on any atom is -0.495 e. The van der Waals surface area contributed by atoms with Gasteiger partial charge in [-0.1, -0.05) is 37.6 Å². The fourth-order valence-corrected chi connectivity index (χ4v) is 5.87. The molecule has 0 bridgehead atoms. The van der Waals surface area contributed by atoms with Gasteiger partial charge in [-0.05, 0) is 62.1 Å². The Balaban J connectivity index is 1.67. The van der Waals surface area contributed by atoms with Crippen LogP contribution >= 0.6 is 11.6 Å². The van der Waals surface area contributed by atoms with Gasteiger partial charge >= 0.3 is 0 Å². The molecule has 13 heteroatoms. The molecular formula is C27H33ClN8O3S. The predicted molar refractivity (Wildman–Crippen MR) is 160 cm³/mol. The normalized spacial score (nSPS) is 15.4. The zero-order chi connectivity index (χ0) is 29.2. The molecular weight excluding hydrogens is 552 g/mol. The number of fused-ring (bicyclic) bond motifs is 1. The molecule has 0 radical (unpaired) electrons. The summed E-state index contributed by atoms with van der Waals surface area (Å²) in [6.45, 7) is 7.40. The molecule has 0 aliphatic heterocycles. The smallest absolute Gasteiger partial charge is 0.229 e. The molecule has 0 saturated carbocycles. The van der Waals surface area contributed by atoms with E-state index >= 15 is 0 Å². The van der Waals surface area contributed by atoms with E-state index in [1.165, 1.54) is 6.20 Å². The summed E-state index contributed by atoms with van der Waals surface area (Å²) in [7, 11) is -1.97. The second-order valence-electron chi connectivity index (χ2n) is 10.1. The van der Waals surface area contributed by atoms with Gasteiger partial charge in [0.1, 0.15) is 10.8 Å². The number of nitrogens with zero attached hydrogens (tertiary/aromatic N) is 4. The van der Waals surface area contributed by atoms with Crippen LogP contribution in [0.25, 0.3) is 0 Å². The predicted octanol–water partition coefficient (Wildman–Crippen LogP) is 4.66. The van der Waals surface area contributed by atoms with Gasteiger partial charge in [0.15, 0.2) is 15.7 Å². The highest BCUT2D eigenvalue weighted by atomic mass is 35.5. The summed E-state index contributed by atoms with van der Waals surface area (Å²) in [5.74, 6) is 0.994. The van der Waals surface area contributed by atoms with Crippen LogP contribution < -0.4 is 26.8 Å². The van der Waals surface area contributed by atoms with E-state index in [1.54, 1.807) is 45.2 Å². The van der Waals surface area contributed by atoms with Crippen LogP contribution in [0, 0.1) is 0 Å². The Morgan fingerprint density at radius 1 is 1.12 bits per heavy atom. The average Bonchev–Trinajstić information content (AvgIpc) is 2.89. The third kappa shape index (κ3) is 5.82. The number of guanidine groups is 1. The number of nitrogens with one attached hydrogen (secondary N) is 2. The number of aromatic nitrogens is 2. The van der Waals surface area contributed by atoms with Crippen LogP contribution in [0.15, 0.2) is 57.7 Å². The highest BCUT2D eigenvalue weighted by molar-refractivity contribution is 7.92. The van der Waals surface area contributed by atoms with Crippen LogP contribution in [0.3, 0.4) is 0 Å². The van der Waals surface area contributed by atoms with Gasteiger partial charge in [-0.15, -0.1) is 5.10 Å². The van der Waals surface area contributed by atoms with Crippen LogP contribution in [-0.2, 0) is 21.7 Å². The molecule has 11 nitrogen and oxygen atoms in total. The third-order valence-corrected chi connectivity index (χ3v) is 9.28. The van der Waals surface area contributed by atoms with E-state index in [0.29, 0.717) is 23.5 Å². The summed E-state index contributed by atoms with van der Waals surface area (Å²) >= 11 is 6.40. The molecule has 1 aromatic heterocycles. The second-order valence-corrected chi connectivity index (χ2v) is 13.0. The summed E-state index contributed by atoms with van der Waals surface area (Å²) in [4.78, 5) is 9.01. The van der Waals surface area contributed by atoms with Crippen molar-refractivity contribution in [3.8, 4) is 5.75 Å². The van der Waals surface area contributed by atoms with E-state index in [4.69, 9.17) is 27.8 Å². The summed E-state index contributed by atoms with van der Waals surface area (Å²) in [6.07, 6.45) is 2.86. The number of ether oxygens (including phenoxy) is 1. The van der Waals surface area contributed by atoms with Crippen molar-refractivity contribution in [3.63, 3.8) is 0 Å². The van der Waals surface area contributed by atoms with Gasteiger partial charge in [0, 0.05) is 5.41 Å². The number of hydrogen-bond acceptors (Lipinski definition) is 9. The molecule has 0 saturated heterocycles. The third-order valence-electron chi connectivity index (χ3n) is 6.80. The molecule has 1 aliphatic carbocycles. The van der Waals surface area contributed by atoms with E-state index in [9.17, 15) is 8.42 Å². The largest absolute Gasteiger partial charge is 0.495 e. The quantitative estimate of drug-likeness (QED) is 0.167. The molecule has 1 aliphatic rings. The maximum atomic E-state index is 12.9. The van der Waals surface area contributed by atoms with E-state index < -0.39 is 20.5 Å². The van der Waals surface area contributed by atoms with E-state index in [2.05, 4.69) is 44.7 Å². The Kier molecular flexibility index (Phi) is 8.22. The van der Waals surface area contributed by atoms with Crippen LogP contribution in [-0.4, -0.2) is 42.4 Å². The Morgan fingerprint density at radius 2 is 1.85 bits per heavy atom. The number of para-hydroxylation sites is 1. The van der Waals surface area contributed by atoms with Gasteiger partial charge in [0.05, 0.1) is 40.5 Å². The van der Waals surface area contributed by atoms with Crippen LogP contribution in [0.2, 0.25) is 5.02 Å². The standard InChI is InChI=1S/C27H33ClN8O3S/c1-15(2)40(37,38)22-9-7-6-8-19(22)32-24-18(28)14-31-26(34-24)33-20-12-16-10-11-23(35-36-25(29)30)27(3,4)17(16)13-21(20)39-5/h6-9,12-15H,10-11H2,1-5H3,(H4,29,30,36)(H2,31,32,33,34)/b35-23+. The molecule has 1 heterocycles. The number of aryl methyl sites for hydroxylation is 1. The Bertz CT molecular complexity index is 1600. The van der Waals surface area contributed by atoms with Crippen LogP contribution in [0.1, 0.15) is 45.2 Å². The number of nitrogens with two attached hydrogens (primary N) is 2. The van der Waals surface area contributed by atoms with Crippen molar-refractivity contribution in [2.45, 2.75) is 56.1 Å². The van der Waals surface area contributed by atoms with Crippen molar-refractivity contribution < 1.29 is 13.2 Å². The lowest BCUT2D eigenvalue weighted by Gasteiger charge is -2.34. The highest BCUT2D eigenvalue weighted by Gasteiger charge is 2.35. The second kappa shape index (κ2) is 11.3. The molecule has 0 spiro atoms. The van der Waals surface area contributed by atoms with Gasteiger partial charge in [0.2, 0.25) is 11.9 Å². The number of benzene rings is 2. The molecule has 3 aromatic rings. The van der Waals surface area contributed by atoms with Gasteiger partial charge in [-0.3, -0.25) is 0 Å². The summed E-state index contributed by atoms with van der Waals surface area (Å²) in [5.41, 5.74) is 14.6. The molecule has 0 unspecified atom stereocenters. The molecule has 40 heavy (non-hydrogen) atoms. The van der Waals surface area contributed by atoms with Gasteiger partial charge < -0.3 is 26.8 Å². The molecule has 0 fully saturated rings. The number of anilines is 4. The molecule has 0 atom stereocenters. The lowest BCUT2D eigenvalue weighted by Crippen LogP contribution is -2.35. The number of hydrogen-bond donors (Lipinski definition) is 4. The van der Waals surface area contributed by atoms with Crippen molar-refractivity contribution in [2.24, 2.45) is 21.7 Å². The number of sulfone groups is 1. The molecule has 4 rings (SSSR count). The SMILES string of the molecule is COc1cc2c(cc1Nc1ncc(Cl)c(Nc3ccccc3S(=O)(=O)C(C)C)n1)CC/C(=N\N=C(N)N)C2(C)C. The topological polar surface area (TPSA) is 170 Å². The fraction of sp³-hybridized carbons (Fsp3) is 0.333. The summed E-state index contributed by atoms with van der Waals surface area (Å²) in [6, 6.07) is 10.6. The van der Waals surface area contributed by atoms with Crippen molar-refractivity contribution in [1.29, 1.82) is 0 Å².